The maximum atomic E-state index is 14.2. The summed E-state index contributed by atoms with van der Waals surface area (Å²) < 4.78 is 6.48. The average Bonchev–Trinajstić information content (AvgIpc) is 3.56. The lowest BCUT2D eigenvalue weighted by Gasteiger charge is -2.37. The van der Waals surface area contributed by atoms with Gasteiger partial charge in [-0.25, -0.2) is 0 Å². The number of piperidine rings is 1. The van der Waals surface area contributed by atoms with E-state index in [1.54, 1.807) is 29.2 Å². The Kier molecular flexibility index (Phi) is 7.46. The topological polar surface area (TPSA) is 91.0 Å². The van der Waals surface area contributed by atoms with Crippen molar-refractivity contribution >= 4 is 35.0 Å². The molecule has 1 spiro atoms. The number of carbonyl (C=O) groups is 3. The molecule has 1 saturated carbocycles. The third kappa shape index (κ3) is 4.89. The van der Waals surface area contributed by atoms with Crippen molar-refractivity contribution in [2.75, 3.05) is 25.0 Å². The Bertz CT molecular complexity index is 1150. The van der Waals surface area contributed by atoms with Gasteiger partial charge < -0.3 is 20.3 Å². The molecular formula is C30H39ClN4O4. The minimum atomic E-state index is -1.13. The van der Waals surface area contributed by atoms with Gasteiger partial charge in [0.1, 0.15) is 11.6 Å². The SMILES string of the molecule is CC1CCCCN1CCN1C(=O)C2C(C(=O)Nc3cccc(Cl)c3)C3C=CC2(O3)C1C(=O)NC1CCCCC1. The Hall–Kier alpha value is -2.42. The largest absolute Gasteiger partial charge is 0.359 e. The fraction of sp³-hybridized carbons (Fsp3) is 0.633. The van der Waals surface area contributed by atoms with Crippen LogP contribution in [0.2, 0.25) is 5.02 Å². The van der Waals surface area contributed by atoms with Crippen LogP contribution in [0.3, 0.4) is 0 Å². The second kappa shape index (κ2) is 10.9. The summed E-state index contributed by atoms with van der Waals surface area (Å²) >= 11 is 6.13. The van der Waals surface area contributed by atoms with E-state index in [1.165, 1.54) is 12.8 Å². The van der Waals surface area contributed by atoms with Gasteiger partial charge in [-0.2, -0.15) is 0 Å². The second-order valence-electron chi connectivity index (χ2n) is 12.0. The quantitative estimate of drug-likeness (QED) is 0.501. The first kappa shape index (κ1) is 26.8. The first-order valence-electron chi connectivity index (χ1n) is 14.7. The zero-order chi connectivity index (χ0) is 27.1. The number of hydrogen-bond acceptors (Lipinski definition) is 5. The fourth-order valence-electron chi connectivity index (χ4n) is 7.55. The molecule has 1 aromatic carbocycles. The number of benzene rings is 1. The third-order valence-electron chi connectivity index (χ3n) is 9.54. The van der Waals surface area contributed by atoms with Gasteiger partial charge >= 0.3 is 0 Å². The highest BCUT2D eigenvalue weighted by molar-refractivity contribution is 6.30. The highest BCUT2D eigenvalue weighted by Gasteiger charge is 2.72. The summed E-state index contributed by atoms with van der Waals surface area (Å²) in [7, 11) is 0. The van der Waals surface area contributed by atoms with Gasteiger partial charge in [-0.3, -0.25) is 19.3 Å². The lowest BCUT2D eigenvalue weighted by Crippen LogP contribution is -2.57. The molecule has 210 valence electrons. The summed E-state index contributed by atoms with van der Waals surface area (Å²) in [5.41, 5.74) is -0.564. The van der Waals surface area contributed by atoms with Crippen LogP contribution in [0, 0.1) is 11.8 Å². The van der Waals surface area contributed by atoms with E-state index in [0.29, 0.717) is 29.8 Å². The molecular weight excluding hydrogens is 516 g/mol. The van der Waals surface area contributed by atoms with Crippen molar-refractivity contribution in [2.24, 2.45) is 11.8 Å². The highest BCUT2D eigenvalue weighted by atomic mass is 35.5. The molecule has 0 aromatic heterocycles. The van der Waals surface area contributed by atoms with Gasteiger partial charge in [-0.15, -0.1) is 0 Å². The monoisotopic (exact) mass is 554 g/mol. The zero-order valence-electron chi connectivity index (χ0n) is 22.6. The predicted molar refractivity (Wildman–Crippen MR) is 149 cm³/mol. The minimum Gasteiger partial charge on any atom is -0.359 e. The van der Waals surface area contributed by atoms with E-state index in [9.17, 15) is 14.4 Å². The van der Waals surface area contributed by atoms with Crippen LogP contribution >= 0.6 is 11.6 Å². The normalized spacial score (nSPS) is 34.4. The van der Waals surface area contributed by atoms with Crippen molar-refractivity contribution in [1.29, 1.82) is 0 Å². The fourth-order valence-corrected chi connectivity index (χ4v) is 7.74. The number of ether oxygens (including phenoxy) is 1. The van der Waals surface area contributed by atoms with Gasteiger partial charge in [0.05, 0.1) is 17.9 Å². The number of carbonyl (C=O) groups excluding carboxylic acids is 3. The standard InChI is InChI=1S/C30H39ClN4O4/c1-19-8-5-6-15-34(19)16-17-35-26(28(37)32-21-10-3-2-4-11-21)30-14-13-23(39-30)24(25(30)29(35)38)27(36)33-22-12-7-9-20(31)18-22/h7,9,12-14,18-19,21,23-26H,2-6,8,10-11,15-17H2,1H3,(H,32,37)(H,33,36). The Balaban J connectivity index is 1.27. The summed E-state index contributed by atoms with van der Waals surface area (Å²) in [5, 5.41) is 6.72. The first-order valence-corrected chi connectivity index (χ1v) is 15.0. The van der Waals surface area contributed by atoms with Crippen LogP contribution in [0.5, 0.6) is 0 Å². The highest BCUT2D eigenvalue weighted by Crippen LogP contribution is 2.55. The Labute approximate surface area is 235 Å². The van der Waals surface area contributed by atoms with Gasteiger partial charge in [0.25, 0.3) is 0 Å². The second-order valence-corrected chi connectivity index (χ2v) is 12.4. The predicted octanol–water partition coefficient (Wildman–Crippen LogP) is 3.75. The van der Waals surface area contributed by atoms with Crippen molar-refractivity contribution in [3.63, 3.8) is 0 Å². The first-order chi connectivity index (χ1) is 18.9. The molecule has 8 nitrogen and oxygen atoms in total. The molecule has 2 bridgehead atoms. The van der Waals surface area contributed by atoms with Gasteiger partial charge in [-0.1, -0.05) is 55.5 Å². The van der Waals surface area contributed by atoms with Crippen molar-refractivity contribution in [1.82, 2.24) is 15.1 Å². The number of halogens is 1. The number of anilines is 1. The molecule has 39 heavy (non-hydrogen) atoms. The Morgan fingerprint density at radius 2 is 1.87 bits per heavy atom. The van der Waals surface area contributed by atoms with Gasteiger partial charge in [-0.05, 0) is 57.4 Å². The van der Waals surface area contributed by atoms with Crippen molar-refractivity contribution in [3.8, 4) is 0 Å². The van der Waals surface area contributed by atoms with Crippen molar-refractivity contribution < 1.29 is 19.1 Å². The van der Waals surface area contributed by atoms with E-state index in [-0.39, 0.29) is 23.8 Å². The zero-order valence-corrected chi connectivity index (χ0v) is 23.4. The molecule has 1 aromatic rings. The summed E-state index contributed by atoms with van der Waals surface area (Å²) in [6.45, 7) is 4.37. The van der Waals surface area contributed by atoms with E-state index in [0.717, 1.165) is 45.1 Å². The van der Waals surface area contributed by atoms with Crippen molar-refractivity contribution in [3.05, 3.63) is 41.4 Å². The van der Waals surface area contributed by atoms with Gasteiger partial charge in [0, 0.05) is 35.9 Å². The van der Waals surface area contributed by atoms with Gasteiger partial charge in [0.2, 0.25) is 17.7 Å². The van der Waals surface area contributed by atoms with Crippen LogP contribution in [0.4, 0.5) is 5.69 Å². The molecule has 5 aliphatic rings. The summed E-state index contributed by atoms with van der Waals surface area (Å²) in [4.78, 5) is 45.9. The lowest BCUT2D eigenvalue weighted by molar-refractivity contribution is -0.141. The number of rotatable bonds is 7. The van der Waals surface area contributed by atoms with E-state index in [2.05, 4.69) is 22.5 Å². The number of likely N-dealkylation sites (tertiary alicyclic amines) is 2. The summed E-state index contributed by atoms with van der Waals surface area (Å²) in [5.74, 6) is -2.07. The number of nitrogens with zero attached hydrogens (tertiary/aromatic N) is 2. The maximum absolute atomic E-state index is 14.2. The van der Waals surface area contributed by atoms with E-state index < -0.39 is 29.6 Å². The Morgan fingerprint density at radius 3 is 2.64 bits per heavy atom. The molecule has 4 fully saturated rings. The van der Waals surface area contributed by atoms with Crippen LogP contribution < -0.4 is 10.6 Å². The summed E-state index contributed by atoms with van der Waals surface area (Å²) in [6.07, 6.45) is 12.0. The number of nitrogens with one attached hydrogen (secondary N) is 2. The maximum Gasteiger partial charge on any atom is 0.246 e. The van der Waals surface area contributed by atoms with E-state index >= 15 is 0 Å². The molecule has 1 aliphatic carbocycles. The lowest BCUT2D eigenvalue weighted by atomic mass is 9.74. The van der Waals surface area contributed by atoms with Crippen LogP contribution in [0.15, 0.2) is 36.4 Å². The molecule has 2 N–H and O–H groups in total. The molecule has 6 rings (SSSR count). The molecule has 3 amide bonds. The molecule has 3 saturated heterocycles. The summed E-state index contributed by atoms with van der Waals surface area (Å²) in [6, 6.07) is 6.74. The van der Waals surface area contributed by atoms with Crippen LogP contribution in [0.25, 0.3) is 0 Å². The third-order valence-corrected chi connectivity index (χ3v) is 9.77. The molecule has 4 aliphatic heterocycles. The molecule has 6 atom stereocenters. The molecule has 6 unspecified atom stereocenters. The molecule has 0 radical (unpaired) electrons. The van der Waals surface area contributed by atoms with Gasteiger partial charge in [0.15, 0.2) is 0 Å². The van der Waals surface area contributed by atoms with Crippen LogP contribution in [0.1, 0.15) is 58.3 Å². The Morgan fingerprint density at radius 1 is 1.08 bits per heavy atom. The average molecular weight is 555 g/mol. The smallest absolute Gasteiger partial charge is 0.246 e. The van der Waals surface area contributed by atoms with Crippen LogP contribution in [-0.2, 0) is 19.1 Å². The molecule has 4 heterocycles. The number of hydrogen-bond donors (Lipinski definition) is 2. The number of fused-ring (bicyclic) bond motifs is 1. The minimum absolute atomic E-state index is 0.116. The van der Waals surface area contributed by atoms with E-state index in [4.69, 9.17) is 16.3 Å². The molecule has 9 heteroatoms. The van der Waals surface area contributed by atoms with E-state index in [1.807, 2.05) is 12.2 Å². The number of amides is 3. The van der Waals surface area contributed by atoms with Crippen LogP contribution in [-0.4, -0.2) is 77.0 Å². The van der Waals surface area contributed by atoms with Crippen molar-refractivity contribution in [2.45, 2.75) is 88.1 Å².